The molecule has 0 saturated carbocycles. The molecule has 0 saturated heterocycles. The zero-order valence-electron chi connectivity index (χ0n) is 10.9. The highest BCUT2D eigenvalue weighted by Crippen LogP contribution is 2.11. The minimum Gasteiger partial charge on any atom is -0.384 e. The highest BCUT2D eigenvalue weighted by atomic mass is 35.5. The number of nitrogen functional groups attached to an aromatic ring is 1. The maximum absolute atomic E-state index is 11.8. The summed E-state index contributed by atoms with van der Waals surface area (Å²) in [5.41, 5.74) is 5.75. The first-order valence-electron chi connectivity index (χ1n) is 5.86. The van der Waals surface area contributed by atoms with Gasteiger partial charge in [0, 0.05) is 12.1 Å². The van der Waals surface area contributed by atoms with Gasteiger partial charge in [-0.15, -0.1) is 0 Å². The number of hydrogen-bond acceptors (Lipinski definition) is 4. The van der Waals surface area contributed by atoms with Crippen LogP contribution >= 0.6 is 11.6 Å². The van der Waals surface area contributed by atoms with E-state index in [4.69, 9.17) is 17.3 Å². The first-order chi connectivity index (χ1) is 8.88. The molecule has 0 unspecified atom stereocenters. The number of halogens is 1. The van der Waals surface area contributed by atoms with Crippen LogP contribution in [0.2, 0.25) is 5.15 Å². The smallest absolute Gasteiger partial charge is 0.251 e. The molecule has 1 heterocycles. The van der Waals surface area contributed by atoms with Gasteiger partial charge in [0.1, 0.15) is 11.0 Å². The Hall–Kier alpha value is -1.82. The van der Waals surface area contributed by atoms with Crippen molar-refractivity contribution in [1.82, 2.24) is 15.6 Å². The summed E-state index contributed by atoms with van der Waals surface area (Å²) in [6.45, 7) is 4.45. The molecule has 0 aromatic carbocycles. The third kappa shape index (κ3) is 5.56. The predicted octanol–water partition coefficient (Wildman–Crippen LogP) is 0.819. The third-order valence-electron chi connectivity index (χ3n) is 2.19. The topological polar surface area (TPSA) is 97.1 Å². The van der Waals surface area contributed by atoms with Crippen LogP contribution < -0.4 is 16.4 Å². The number of carbonyl (C=O) groups excluding carboxylic acids is 2. The largest absolute Gasteiger partial charge is 0.384 e. The van der Waals surface area contributed by atoms with Crippen LogP contribution in [0.25, 0.3) is 0 Å². The molecule has 0 fully saturated rings. The second-order valence-electron chi connectivity index (χ2n) is 4.48. The van der Waals surface area contributed by atoms with Gasteiger partial charge in [0.15, 0.2) is 0 Å². The Bertz CT molecular complexity index is 457. The molecule has 1 aromatic rings. The van der Waals surface area contributed by atoms with E-state index in [0.717, 1.165) is 0 Å². The summed E-state index contributed by atoms with van der Waals surface area (Å²) in [4.78, 5) is 26.9. The first kappa shape index (κ1) is 15.2. The van der Waals surface area contributed by atoms with Gasteiger partial charge < -0.3 is 16.4 Å². The molecule has 6 nitrogen and oxygen atoms in total. The fourth-order valence-corrected chi connectivity index (χ4v) is 1.51. The van der Waals surface area contributed by atoms with Crippen LogP contribution in [-0.4, -0.2) is 29.9 Å². The molecule has 19 heavy (non-hydrogen) atoms. The van der Waals surface area contributed by atoms with Crippen molar-refractivity contribution in [3.8, 4) is 0 Å². The summed E-state index contributed by atoms with van der Waals surface area (Å²) < 4.78 is 0. The number of pyridine rings is 1. The van der Waals surface area contributed by atoms with Gasteiger partial charge in [0.05, 0.1) is 6.54 Å². The number of nitrogens with zero attached hydrogens (tertiary/aromatic N) is 1. The molecule has 0 spiro atoms. The average Bonchev–Trinajstić information content (AvgIpc) is 2.32. The summed E-state index contributed by atoms with van der Waals surface area (Å²) in [7, 11) is 0. The van der Waals surface area contributed by atoms with Crippen molar-refractivity contribution < 1.29 is 9.59 Å². The van der Waals surface area contributed by atoms with E-state index in [1.54, 1.807) is 0 Å². The molecular formula is C12H17ClN4O2. The minimum absolute atomic E-state index is 0.0919. The monoisotopic (exact) mass is 284 g/mol. The Morgan fingerprint density at radius 2 is 2.05 bits per heavy atom. The number of hydrogen-bond donors (Lipinski definition) is 3. The van der Waals surface area contributed by atoms with Crippen LogP contribution in [-0.2, 0) is 4.79 Å². The Morgan fingerprint density at radius 1 is 1.37 bits per heavy atom. The van der Waals surface area contributed by atoms with Gasteiger partial charge in [-0.25, -0.2) is 4.98 Å². The Morgan fingerprint density at radius 3 is 2.63 bits per heavy atom. The van der Waals surface area contributed by atoms with Gasteiger partial charge in [-0.3, -0.25) is 9.59 Å². The number of aromatic nitrogens is 1. The summed E-state index contributed by atoms with van der Waals surface area (Å²) in [5, 5.41) is 5.31. The van der Waals surface area contributed by atoms with Crippen LogP contribution in [0.1, 0.15) is 24.2 Å². The van der Waals surface area contributed by atoms with Crippen LogP contribution in [0.4, 0.5) is 5.82 Å². The van der Waals surface area contributed by atoms with E-state index in [9.17, 15) is 9.59 Å². The van der Waals surface area contributed by atoms with Gasteiger partial charge in [0.2, 0.25) is 5.91 Å². The Labute approximate surface area is 116 Å². The van der Waals surface area contributed by atoms with Crippen molar-refractivity contribution in [1.29, 1.82) is 0 Å². The molecule has 4 N–H and O–H groups in total. The van der Waals surface area contributed by atoms with Gasteiger partial charge >= 0.3 is 0 Å². The van der Waals surface area contributed by atoms with E-state index in [1.165, 1.54) is 12.1 Å². The summed E-state index contributed by atoms with van der Waals surface area (Å²) >= 11 is 5.69. The lowest BCUT2D eigenvalue weighted by molar-refractivity contribution is -0.120. The van der Waals surface area contributed by atoms with E-state index >= 15 is 0 Å². The molecule has 2 amide bonds. The molecule has 0 radical (unpaired) electrons. The van der Waals surface area contributed by atoms with E-state index in [-0.39, 0.29) is 29.0 Å². The molecule has 0 aliphatic heterocycles. The van der Waals surface area contributed by atoms with Crippen LogP contribution in [0.5, 0.6) is 0 Å². The van der Waals surface area contributed by atoms with Crippen molar-refractivity contribution in [2.24, 2.45) is 5.92 Å². The van der Waals surface area contributed by atoms with Crippen molar-refractivity contribution in [3.05, 3.63) is 22.8 Å². The minimum atomic E-state index is -0.421. The molecule has 1 aromatic heterocycles. The second-order valence-corrected chi connectivity index (χ2v) is 4.87. The fourth-order valence-electron chi connectivity index (χ4n) is 1.29. The van der Waals surface area contributed by atoms with Crippen molar-refractivity contribution >= 4 is 29.2 Å². The van der Waals surface area contributed by atoms with Gasteiger partial charge in [-0.05, 0) is 18.1 Å². The quantitative estimate of drug-likeness (QED) is 0.697. The Kier molecular flexibility index (Phi) is 5.57. The number of rotatable bonds is 5. The van der Waals surface area contributed by atoms with Gasteiger partial charge in [-0.2, -0.15) is 0 Å². The fraction of sp³-hybridized carbons (Fsp3) is 0.417. The highest BCUT2D eigenvalue weighted by Gasteiger charge is 2.10. The lowest BCUT2D eigenvalue weighted by Crippen LogP contribution is -2.38. The molecule has 0 aliphatic carbocycles. The van der Waals surface area contributed by atoms with Gasteiger partial charge in [-0.1, -0.05) is 25.4 Å². The normalized spacial score (nSPS) is 10.3. The average molecular weight is 285 g/mol. The molecule has 104 valence electrons. The molecule has 7 heteroatoms. The van der Waals surface area contributed by atoms with E-state index < -0.39 is 5.91 Å². The second kappa shape index (κ2) is 6.94. The number of amides is 2. The molecule has 0 aliphatic rings. The van der Waals surface area contributed by atoms with Crippen LogP contribution in [0.3, 0.4) is 0 Å². The lowest BCUT2D eigenvalue weighted by atomic mass is 10.2. The standard InChI is InChI=1S/C12H17ClN4O2/c1-7(2)5-15-11(18)6-16-12(19)8-3-9(13)17-10(14)4-8/h3-4,7H,5-6H2,1-2H3,(H2,14,17)(H,15,18)(H,16,19). The van der Waals surface area contributed by atoms with Crippen LogP contribution in [0, 0.1) is 5.92 Å². The van der Waals surface area contributed by atoms with Crippen molar-refractivity contribution in [2.45, 2.75) is 13.8 Å². The summed E-state index contributed by atoms with van der Waals surface area (Å²) in [6, 6.07) is 2.78. The maximum atomic E-state index is 11.8. The number of nitrogens with two attached hydrogens (primary N) is 1. The lowest BCUT2D eigenvalue weighted by Gasteiger charge is -2.09. The van der Waals surface area contributed by atoms with E-state index in [2.05, 4.69) is 15.6 Å². The van der Waals surface area contributed by atoms with Crippen molar-refractivity contribution in [2.75, 3.05) is 18.8 Å². The molecule has 0 atom stereocenters. The Balaban J connectivity index is 2.49. The summed E-state index contributed by atoms with van der Waals surface area (Å²) in [6.07, 6.45) is 0. The number of anilines is 1. The number of nitrogens with one attached hydrogen (secondary N) is 2. The van der Waals surface area contributed by atoms with E-state index in [0.29, 0.717) is 12.5 Å². The van der Waals surface area contributed by atoms with Gasteiger partial charge in [0.25, 0.3) is 5.91 Å². The SMILES string of the molecule is CC(C)CNC(=O)CNC(=O)c1cc(N)nc(Cl)c1. The number of carbonyl (C=O) groups is 2. The van der Waals surface area contributed by atoms with Crippen molar-refractivity contribution in [3.63, 3.8) is 0 Å². The third-order valence-corrected chi connectivity index (χ3v) is 2.39. The molecular weight excluding hydrogens is 268 g/mol. The van der Waals surface area contributed by atoms with Crippen LogP contribution in [0.15, 0.2) is 12.1 Å². The molecule has 0 bridgehead atoms. The highest BCUT2D eigenvalue weighted by molar-refractivity contribution is 6.29. The zero-order valence-corrected chi connectivity index (χ0v) is 11.6. The first-order valence-corrected chi connectivity index (χ1v) is 6.24. The maximum Gasteiger partial charge on any atom is 0.251 e. The predicted molar refractivity (Wildman–Crippen MR) is 73.8 cm³/mol. The van der Waals surface area contributed by atoms with E-state index in [1.807, 2.05) is 13.8 Å². The zero-order chi connectivity index (χ0) is 14.4. The summed E-state index contributed by atoms with van der Waals surface area (Å²) in [5.74, 6) is -0.147. The molecule has 1 rings (SSSR count).